The first-order valence-corrected chi connectivity index (χ1v) is 8.22. The monoisotopic (exact) mass is 281 g/mol. The third kappa shape index (κ3) is 3.13. The minimum absolute atomic E-state index is 0.281. The van der Waals surface area contributed by atoms with Crippen molar-refractivity contribution in [1.29, 1.82) is 0 Å². The summed E-state index contributed by atoms with van der Waals surface area (Å²) >= 11 is 0. The predicted molar refractivity (Wildman–Crippen MR) is 76.0 cm³/mol. The molecule has 0 aliphatic heterocycles. The van der Waals surface area contributed by atoms with Gasteiger partial charge in [-0.05, 0) is 25.6 Å². The number of hydrogen-bond donors (Lipinski definition) is 2. The number of nitrogens with one attached hydrogen (secondary N) is 2. The van der Waals surface area contributed by atoms with E-state index >= 15 is 0 Å². The largest absolute Gasteiger partial charge is 0.342 e. The van der Waals surface area contributed by atoms with Gasteiger partial charge in [0.25, 0.3) is 0 Å². The molecule has 0 saturated carbocycles. The van der Waals surface area contributed by atoms with Crippen LogP contribution in [0, 0.1) is 0 Å². The summed E-state index contributed by atoms with van der Waals surface area (Å²) < 4.78 is 23.4. The fraction of sp³-hybridized carbons (Fsp3) is 0.462. The standard InChI is InChI=1S/C13H19N3O2S/c1-4-14-9(2)8-12-15-10-6-5-7-11(13(10)16-12)19(3,17)18/h5-7,9,14H,4,8H2,1-3H3,(H,15,16). The minimum atomic E-state index is -3.25. The number of para-hydroxylation sites is 1. The highest BCUT2D eigenvalue weighted by molar-refractivity contribution is 7.91. The summed E-state index contributed by atoms with van der Waals surface area (Å²) in [6.45, 7) is 5.03. The molecule has 104 valence electrons. The number of benzene rings is 1. The van der Waals surface area contributed by atoms with E-state index in [9.17, 15) is 8.42 Å². The third-order valence-electron chi connectivity index (χ3n) is 2.98. The number of nitrogens with zero attached hydrogens (tertiary/aromatic N) is 1. The molecule has 1 atom stereocenters. The molecule has 2 rings (SSSR count). The lowest BCUT2D eigenvalue weighted by Gasteiger charge is -2.09. The van der Waals surface area contributed by atoms with E-state index < -0.39 is 9.84 Å². The van der Waals surface area contributed by atoms with Crippen molar-refractivity contribution in [2.75, 3.05) is 12.8 Å². The van der Waals surface area contributed by atoms with Crippen molar-refractivity contribution in [1.82, 2.24) is 15.3 Å². The average Bonchev–Trinajstić information content (AvgIpc) is 2.69. The molecule has 5 nitrogen and oxygen atoms in total. The Hall–Kier alpha value is -1.40. The van der Waals surface area contributed by atoms with Crippen molar-refractivity contribution in [3.8, 4) is 0 Å². The van der Waals surface area contributed by atoms with Crippen LogP contribution in [0.25, 0.3) is 11.0 Å². The Morgan fingerprint density at radius 3 is 2.79 bits per heavy atom. The van der Waals surface area contributed by atoms with Crippen molar-refractivity contribution in [2.45, 2.75) is 31.2 Å². The Morgan fingerprint density at radius 2 is 2.16 bits per heavy atom. The van der Waals surface area contributed by atoms with Crippen LogP contribution in [0.3, 0.4) is 0 Å². The third-order valence-corrected chi connectivity index (χ3v) is 4.10. The van der Waals surface area contributed by atoms with E-state index in [0.717, 1.165) is 24.3 Å². The molecule has 0 amide bonds. The molecule has 1 unspecified atom stereocenters. The Bertz CT molecular complexity index is 676. The molecule has 1 aromatic carbocycles. The van der Waals surface area contributed by atoms with E-state index in [4.69, 9.17) is 0 Å². The number of sulfone groups is 1. The van der Waals surface area contributed by atoms with Crippen LogP contribution in [-0.4, -0.2) is 37.2 Å². The van der Waals surface area contributed by atoms with Gasteiger partial charge in [-0.3, -0.25) is 0 Å². The van der Waals surface area contributed by atoms with Gasteiger partial charge in [0.2, 0.25) is 0 Å². The summed E-state index contributed by atoms with van der Waals surface area (Å²) in [4.78, 5) is 7.89. The number of rotatable bonds is 5. The van der Waals surface area contributed by atoms with E-state index in [-0.39, 0.29) is 4.90 Å². The molecule has 2 N–H and O–H groups in total. The zero-order valence-electron chi connectivity index (χ0n) is 11.4. The molecule has 1 heterocycles. The van der Waals surface area contributed by atoms with Crippen molar-refractivity contribution in [2.24, 2.45) is 0 Å². The van der Waals surface area contributed by atoms with Crippen molar-refractivity contribution in [3.05, 3.63) is 24.0 Å². The van der Waals surface area contributed by atoms with Gasteiger partial charge in [0.15, 0.2) is 9.84 Å². The molecule has 1 aromatic heterocycles. The van der Waals surface area contributed by atoms with Gasteiger partial charge in [0.05, 0.1) is 10.4 Å². The maximum Gasteiger partial charge on any atom is 0.177 e. The summed E-state index contributed by atoms with van der Waals surface area (Å²) in [5.74, 6) is 0.805. The first-order chi connectivity index (χ1) is 8.91. The second kappa shape index (κ2) is 5.30. The number of imidazole rings is 1. The average molecular weight is 281 g/mol. The van der Waals surface area contributed by atoms with Crippen LogP contribution in [0.2, 0.25) is 0 Å². The molecule has 0 aliphatic carbocycles. The molecule has 0 spiro atoms. The van der Waals surface area contributed by atoms with Gasteiger partial charge in [0.1, 0.15) is 11.3 Å². The quantitative estimate of drug-likeness (QED) is 0.871. The van der Waals surface area contributed by atoms with E-state index in [1.807, 2.05) is 6.07 Å². The number of aromatic amines is 1. The smallest absolute Gasteiger partial charge is 0.177 e. The number of hydrogen-bond acceptors (Lipinski definition) is 4. The van der Waals surface area contributed by atoms with Gasteiger partial charge < -0.3 is 10.3 Å². The maximum atomic E-state index is 11.7. The molecule has 0 radical (unpaired) electrons. The van der Waals surface area contributed by atoms with Crippen molar-refractivity contribution >= 4 is 20.9 Å². The number of likely N-dealkylation sites (N-methyl/N-ethyl adjacent to an activating group) is 1. The van der Waals surface area contributed by atoms with Gasteiger partial charge in [-0.2, -0.15) is 0 Å². The summed E-state index contributed by atoms with van der Waals surface area (Å²) in [6.07, 6.45) is 1.95. The number of H-pyrrole nitrogens is 1. The Labute approximate surface area is 113 Å². The van der Waals surface area contributed by atoms with Gasteiger partial charge >= 0.3 is 0 Å². The number of fused-ring (bicyclic) bond motifs is 1. The lowest BCUT2D eigenvalue weighted by atomic mass is 10.2. The van der Waals surface area contributed by atoms with Crippen LogP contribution >= 0.6 is 0 Å². The van der Waals surface area contributed by atoms with Gasteiger partial charge in [-0.15, -0.1) is 0 Å². The SMILES string of the molecule is CCNC(C)Cc1nc2c(S(C)(=O)=O)cccc2[nH]1. The second-order valence-electron chi connectivity index (χ2n) is 4.77. The zero-order valence-corrected chi connectivity index (χ0v) is 12.2. The van der Waals surface area contributed by atoms with Gasteiger partial charge in [-0.1, -0.05) is 13.0 Å². The maximum absolute atomic E-state index is 11.7. The second-order valence-corrected chi connectivity index (χ2v) is 6.75. The van der Waals surface area contributed by atoms with Crippen molar-refractivity contribution in [3.63, 3.8) is 0 Å². The normalized spacial score (nSPS) is 13.8. The number of aromatic nitrogens is 2. The highest BCUT2D eigenvalue weighted by atomic mass is 32.2. The first kappa shape index (κ1) is 14.0. The lowest BCUT2D eigenvalue weighted by Crippen LogP contribution is -2.27. The molecule has 2 aromatic rings. The first-order valence-electron chi connectivity index (χ1n) is 6.33. The minimum Gasteiger partial charge on any atom is -0.342 e. The Balaban J connectivity index is 2.41. The van der Waals surface area contributed by atoms with E-state index in [1.54, 1.807) is 12.1 Å². The predicted octanol–water partition coefficient (Wildman–Crippen LogP) is 1.51. The fourth-order valence-electron chi connectivity index (χ4n) is 2.16. The molecule has 19 heavy (non-hydrogen) atoms. The molecule has 6 heteroatoms. The molecular weight excluding hydrogens is 262 g/mol. The highest BCUT2D eigenvalue weighted by Gasteiger charge is 2.15. The molecule has 0 saturated heterocycles. The van der Waals surface area contributed by atoms with Crippen LogP contribution in [0.4, 0.5) is 0 Å². The summed E-state index contributed by atoms with van der Waals surface area (Å²) in [5.41, 5.74) is 1.30. The fourth-order valence-corrected chi connectivity index (χ4v) is 3.00. The van der Waals surface area contributed by atoms with Gasteiger partial charge in [-0.25, -0.2) is 13.4 Å². The highest BCUT2D eigenvalue weighted by Crippen LogP contribution is 2.21. The van der Waals surface area contributed by atoms with Crippen LogP contribution in [0.15, 0.2) is 23.1 Å². The summed E-state index contributed by atoms with van der Waals surface area (Å²) in [7, 11) is -3.25. The molecular formula is C13H19N3O2S. The van der Waals surface area contributed by atoms with E-state index in [2.05, 4.69) is 29.1 Å². The summed E-state index contributed by atoms with van der Waals surface area (Å²) in [6, 6.07) is 5.47. The van der Waals surface area contributed by atoms with Crippen LogP contribution in [0.5, 0.6) is 0 Å². The Kier molecular flexibility index (Phi) is 3.91. The summed E-state index contributed by atoms with van der Waals surface area (Å²) in [5, 5.41) is 3.30. The lowest BCUT2D eigenvalue weighted by molar-refractivity contribution is 0.555. The Morgan fingerprint density at radius 1 is 1.42 bits per heavy atom. The molecule has 0 aliphatic rings. The topological polar surface area (TPSA) is 74.8 Å². The van der Waals surface area contributed by atoms with E-state index in [1.165, 1.54) is 6.26 Å². The van der Waals surface area contributed by atoms with Gasteiger partial charge in [0, 0.05) is 18.7 Å². The van der Waals surface area contributed by atoms with Crippen LogP contribution in [-0.2, 0) is 16.3 Å². The van der Waals surface area contributed by atoms with Crippen molar-refractivity contribution < 1.29 is 8.42 Å². The molecule has 0 bridgehead atoms. The van der Waals surface area contributed by atoms with Crippen LogP contribution in [0.1, 0.15) is 19.7 Å². The van der Waals surface area contributed by atoms with Crippen LogP contribution < -0.4 is 5.32 Å². The van der Waals surface area contributed by atoms with E-state index in [0.29, 0.717) is 11.6 Å². The molecule has 0 fully saturated rings. The zero-order chi connectivity index (χ0) is 14.0.